The lowest BCUT2D eigenvalue weighted by Crippen LogP contribution is -2.24. The molecule has 0 aliphatic carbocycles. The highest BCUT2D eigenvalue weighted by atomic mass is 19.1. The van der Waals surface area contributed by atoms with Crippen molar-refractivity contribution < 1.29 is 14.2 Å². The molecule has 0 aliphatic rings. The van der Waals surface area contributed by atoms with Crippen LogP contribution in [0.25, 0.3) is 0 Å². The molecule has 3 heteroatoms. The van der Waals surface area contributed by atoms with Crippen molar-refractivity contribution in [2.75, 3.05) is 7.11 Å². The summed E-state index contributed by atoms with van der Waals surface area (Å²) in [5.41, 5.74) is -0.551. The Morgan fingerprint density at radius 2 is 1.83 bits per heavy atom. The van der Waals surface area contributed by atoms with Gasteiger partial charge in [0.2, 0.25) is 0 Å². The lowest BCUT2D eigenvalue weighted by Gasteiger charge is -2.25. The maximum Gasteiger partial charge on any atom is 0.129 e. The van der Waals surface area contributed by atoms with Crippen molar-refractivity contribution in [2.24, 2.45) is 0 Å². The molecule has 2 aromatic carbocycles. The molecule has 2 nitrogen and oxygen atoms in total. The fourth-order valence-electron chi connectivity index (χ4n) is 1.94. The normalized spacial score (nSPS) is 14.0. The van der Waals surface area contributed by atoms with Gasteiger partial charge in [0.15, 0.2) is 0 Å². The molecule has 0 fully saturated rings. The highest BCUT2D eigenvalue weighted by molar-refractivity contribution is 5.39. The van der Waals surface area contributed by atoms with E-state index in [0.29, 0.717) is 11.3 Å². The summed E-state index contributed by atoms with van der Waals surface area (Å²) in [7, 11) is 1.55. The third-order valence-corrected chi connectivity index (χ3v) is 3.03. The number of methoxy groups -OCH3 is 1. The molecule has 0 amide bonds. The number of halogens is 1. The van der Waals surface area contributed by atoms with Gasteiger partial charge in [-0.3, -0.25) is 0 Å². The maximum absolute atomic E-state index is 13.8. The second-order valence-corrected chi connectivity index (χ2v) is 4.28. The Morgan fingerprint density at radius 1 is 1.11 bits per heavy atom. The summed E-state index contributed by atoms with van der Waals surface area (Å²) < 4.78 is 18.9. The minimum absolute atomic E-state index is 0.248. The molecule has 0 radical (unpaired) electrons. The molecule has 0 aromatic heterocycles. The summed E-state index contributed by atoms with van der Waals surface area (Å²) in [6.45, 7) is 1.57. The van der Waals surface area contributed by atoms with E-state index >= 15 is 0 Å². The molecule has 1 N–H and O–H groups in total. The Kier molecular flexibility index (Phi) is 3.34. The maximum atomic E-state index is 13.8. The number of hydrogen-bond acceptors (Lipinski definition) is 2. The average molecular weight is 246 g/mol. The summed E-state index contributed by atoms with van der Waals surface area (Å²) >= 11 is 0. The first-order valence-electron chi connectivity index (χ1n) is 5.67. The number of rotatable bonds is 3. The third kappa shape index (κ3) is 2.22. The van der Waals surface area contributed by atoms with Crippen molar-refractivity contribution in [1.82, 2.24) is 0 Å². The predicted molar refractivity (Wildman–Crippen MR) is 68.1 cm³/mol. The summed E-state index contributed by atoms with van der Waals surface area (Å²) in [4.78, 5) is 0. The standard InChI is InChI=1S/C15H15FO2/c1-15(17,13-8-3-4-9-14(13)16)11-6-5-7-12(10-11)18-2/h3-10,17H,1-2H3. The van der Waals surface area contributed by atoms with Gasteiger partial charge in [-0.2, -0.15) is 0 Å². The van der Waals surface area contributed by atoms with Crippen molar-refractivity contribution in [1.29, 1.82) is 0 Å². The molecule has 94 valence electrons. The molecule has 2 rings (SSSR count). The van der Waals surface area contributed by atoms with Crippen LogP contribution < -0.4 is 4.74 Å². The Morgan fingerprint density at radius 3 is 2.50 bits per heavy atom. The van der Waals surface area contributed by atoms with Gasteiger partial charge in [-0.1, -0.05) is 30.3 Å². The Labute approximate surface area is 106 Å². The average Bonchev–Trinajstić information content (AvgIpc) is 2.39. The Hall–Kier alpha value is -1.87. The first kappa shape index (κ1) is 12.6. The SMILES string of the molecule is COc1cccc(C(C)(O)c2ccccc2F)c1. The molecule has 0 saturated carbocycles. The van der Waals surface area contributed by atoms with Crippen molar-refractivity contribution >= 4 is 0 Å². The van der Waals surface area contributed by atoms with Gasteiger partial charge in [0.25, 0.3) is 0 Å². The highest BCUT2D eigenvalue weighted by Crippen LogP contribution is 2.32. The van der Waals surface area contributed by atoms with Gasteiger partial charge in [0.05, 0.1) is 7.11 Å². The summed E-state index contributed by atoms with van der Waals surface area (Å²) in [6, 6.07) is 13.2. The van der Waals surface area contributed by atoms with E-state index in [-0.39, 0.29) is 5.56 Å². The molecule has 0 bridgehead atoms. The minimum Gasteiger partial charge on any atom is -0.497 e. The molecule has 0 aliphatic heterocycles. The largest absolute Gasteiger partial charge is 0.497 e. The van der Waals surface area contributed by atoms with Crippen LogP contribution in [-0.2, 0) is 5.60 Å². The van der Waals surface area contributed by atoms with Crippen LogP contribution in [0.2, 0.25) is 0 Å². The molecule has 18 heavy (non-hydrogen) atoms. The lowest BCUT2D eigenvalue weighted by molar-refractivity contribution is 0.0977. The Bertz CT molecular complexity index is 550. The summed E-state index contributed by atoms with van der Waals surface area (Å²) in [6.07, 6.45) is 0. The fraction of sp³-hybridized carbons (Fsp3) is 0.200. The zero-order valence-electron chi connectivity index (χ0n) is 10.4. The van der Waals surface area contributed by atoms with Crippen LogP contribution in [-0.4, -0.2) is 12.2 Å². The lowest BCUT2D eigenvalue weighted by atomic mass is 9.88. The van der Waals surface area contributed by atoms with E-state index in [2.05, 4.69) is 0 Å². The Balaban J connectivity index is 2.50. The van der Waals surface area contributed by atoms with E-state index in [4.69, 9.17) is 4.74 Å². The van der Waals surface area contributed by atoms with Crippen LogP contribution in [0.5, 0.6) is 5.75 Å². The van der Waals surface area contributed by atoms with Gasteiger partial charge in [0.1, 0.15) is 17.2 Å². The zero-order chi connectivity index (χ0) is 13.2. The van der Waals surface area contributed by atoms with Gasteiger partial charge in [0, 0.05) is 5.56 Å². The molecule has 0 spiro atoms. The fourth-order valence-corrected chi connectivity index (χ4v) is 1.94. The van der Waals surface area contributed by atoms with E-state index in [1.807, 2.05) is 0 Å². The van der Waals surface area contributed by atoms with Gasteiger partial charge >= 0.3 is 0 Å². The van der Waals surface area contributed by atoms with E-state index in [9.17, 15) is 9.50 Å². The van der Waals surface area contributed by atoms with Crippen LogP contribution in [0.4, 0.5) is 4.39 Å². The predicted octanol–water partition coefficient (Wildman–Crippen LogP) is 3.09. The van der Waals surface area contributed by atoms with Gasteiger partial charge in [-0.15, -0.1) is 0 Å². The van der Waals surface area contributed by atoms with Crippen LogP contribution in [0.15, 0.2) is 48.5 Å². The second kappa shape index (κ2) is 4.78. The smallest absolute Gasteiger partial charge is 0.129 e. The summed E-state index contributed by atoms with van der Waals surface area (Å²) in [5, 5.41) is 10.6. The molecule has 2 aromatic rings. The van der Waals surface area contributed by atoms with Crippen LogP contribution in [0.1, 0.15) is 18.1 Å². The summed E-state index contributed by atoms with van der Waals surface area (Å²) in [5.74, 6) is 0.203. The van der Waals surface area contributed by atoms with Gasteiger partial charge in [-0.25, -0.2) is 4.39 Å². The molecule has 1 atom stereocenters. The molecule has 0 heterocycles. The first-order valence-corrected chi connectivity index (χ1v) is 5.67. The van der Waals surface area contributed by atoms with Crippen molar-refractivity contribution in [3.8, 4) is 5.75 Å². The quantitative estimate of drug-likeness (QED) is 0.901. The molecular formula is C15H15FO2. The number of hydrogen-bond donors (Lipinski definition) is 1. The van der Waals surface area contributed by atoms with E-state index in [1.54, 1.807) is 56.5 Å². The molecule has 1 unspecified atom stereocenters. The number of ether oxygens (including phenoxy) is 1. The van der Waals surface area contributed by atoms with Crippen LogP contribution in [0, 0.1) is 5.82 Å². The number of benzene rings is 2. The second-order valence-electron chi connectivity index (χ2n) is 4.28. The number of aliphatic hydroxyl groups is 1. The van der Waals surface area contributed by atoms with Crippen molar-refractivity contribution in [3.05, 3.63) is 65.5 Å². The van der Waals surface area contributed by atoms with Crippen molar-refractivity contribution in [2.45, 2.75) is 12.5 Å². The van der Waals surface area contributed by atoms with Crippen molar-refractivity contribution in [3.63, 3.8) is 0 Å². The topological polar surface area (TPSA) is 29.5 Å². The third-order valence-electron chi connectivity index (χ3n) is 3.03. The van der Waals surface area contributed by atoms with Crippen LogP contribution in [0.3, 0.4) is 0 Å². The first-order chi connectivity index (χ1) is 8.55. The van der Waals surface area contributed by atoms with Gasteiger partial charge in [-0.05, 0) is 30.7 Å². The van der Waals surface area contributed by atoms with E-state index < -0.39 is 11.4 Å². The van der Waals surface area contributed by atoms with E-state index in [1.165, 1.54) is 6.07 Å². The molecule has 0 saturated heterocycles. The van der Waals surface area contributed by atoms with Gasteiger partial charge < -0.3 is 9.84 Å². The minimum atomic E-state index is -1.39. The molecular weight excluding hydrogens is 231 g/mol. The monoisotopic (exact) mass is 246 g/mol. The van der Waals surface area contributed by atoms with Crippen LogP contribution >= 0.6 is 0 Å². The van der Waals surface area contributed by atoms with E-state index in [0.717, 1.165) is 0 Å². The highest BCUT2D eigenvalue weighted by Gasteiger charge is 2.28. The zero-order valence-corrected chi connectivity index (χ0v) is 10.4.